The molecule has 0 aliphatic carbocycles. The molecule has 114 valence electrons. The van der Waals surface area contributed by atoms with E-state index in [0.29, 0.717) is 38.0 Å². The van der Waals surface area contributed by atoms with Crippen molar-refractivity contribution < 1.29 is 9.18 Å². The lowest BCUT2D eigenvalue weighted by atomic mass is 9.99. The highest BCUT2D eigenvalue weighted by atomic mass is 19.1. The number of aryl methyl sites for hydroxylation is 1. The number of amides is 1. The summed E-state index contributed by atoms with van der Waals surface area (Å²) in [5.74, 6) is -0.126. The maximum atomic E-state index is 13.8. The van der Waals surface area contributed by atoms with E-state index in [4.69, 9.17) is 0 Å². The third-order valence-electron chi connectivity index (χ3n) is 3.80. The number of aromatic nitrogens is 3. The van der Waals surface area contributed by atoms with Gasteiger partial charge in [-0.1, -0.05) is 24.3 Å². The van der Waals surface area contributed by atoms with Crippen molar-refractivity contribution in [3.63, 3.8) is 0 Å². The number of carbonyl (C=O) groups excluding carboxylic acids is 1. The molecule has 0 bridgehead atoms. The Balaban J connectivity index is 1.58. The Morgan fingerprint density at radius 3 is 2.86 bits per heavy atom. The lowest BCUT2D eigenvalue weighted by molar-refractivity contribution is -0.131. The predicted octanol–water partition coefficient (Wildman–Crippen LogP) is 2.12. The van der Waals surface area contributed by atoms with E-state index in [1.165, 1.54) is 12.4 Å². The molecule has 1 aliphatic rings. The molecule has 0 atom stereocenters. The summed E-state index contributed by atoms with van der Waals surface area (Å²) in [4.78, 5) is 17.8. The van der Waals surface area contributed by atoms with Crippen molar-refractivity contribution in [2.24, 2.45) is 0 Å². The topological polar surface area (TPSA) is 51.0 Å². The highest BCUT2D eigenvalue weighted by Gasteiger charge is 2.19. The fraction of sp³-hybridized carbons (Fsp3) is 0.312. The molecule has 0 fully saturated rings. The number of hydrogen-bond acceptors (Lipinski definition) is 3. The van der Waals surface area contributed by atoms with Crippen molar-refractivity contribution in [1.29, 1.82) is 0 Å². The van der Waals surface area contributed by atoms with Crippen LogP contribution in [0.3, 0.4) is 0 Å². The minimum atomic E-state index is -0.209. The average molecular weight is 300 g/mol. The van der Waals surface area contributed by atoms with E-state index in [9.17, 15) is 9.18 Å². The summed E-state index contributed by atoms with van der Waals surface area (Å²) in [7, 11) is 0. The Morgan fingerprint density at radius 1 is 1.32 bits per heavy atom. The van der Waals surface area contributed by atoms with Crippen molar-refractivity contribution in [2.45, 2.75) is 19.4 Å². The molecule has 3 rings (SSSR count). The van der Waals surface area contributed by atoms with Gasteiger partial charge in [-0.2, -0.15) is 5.10 Å². The van der Waals surface area contributed by atoms with Gasteiger partial charge in [-0.25, -0.2) is 9.37 Å². The van der Waals surface area contributed by atoms with E-state index in [0.717, 1.165) is 5.57 Å². The Bertz CT molecular complexity index is 681. The van der Waals surface area contributed by atoms with Gasteiger partial charge in [-0.15, -0.1) is 0 Å². The van der Waals surface area contributed by atoms with Crippen molar-refractivity contribution in [2.75, 3.05) is 13.1 Å². The molecule has 0 unspecified atom stereocenters. The highest BCUT2D eigenvalue weighted by Crippen LogP contribution is 2.24. The first kappa shape index (κ1) is 14.4. The van der Waals surface area contributed by atoms with Crippen LogP contribution in [0.1, 0.15) is 18.4 Å². The number of benzene rings is 1. The standard InChI is InChI=1S/C16H17FN4O/c17-15-4-2-1-3-14(15)13-5-8-20(9-6-13)16(22)7-10-21-12-18-11-19-21/h1-5,11-12H,6-10H2. The summed E-state index contributed by atoms with van der Waals surface area (Å²) < 4.78 is 15.4. The predicted molar refractivity (Wildman–Crippen MR) is 80.2 cm³/mol. The SMILES string of the molecule is O=C(CCn1cncn1)N1CC=C(c2ccccc2F)CC1. The summed E-state index contributed by atoms with van der Waals surface area (Å²) in [6.45, 7) is 1.68. The molecular weight excluding hydrogens is 283 g/mol. The van der Waals surface area contributed by atoms with Gasteiger partial charge in [0.05, 0.1) is 6.54 Å². The summed E-state index contributed by atoms with van der Waals surface area (Å²) in [6, 6.07) is 6.76. The number of carbonyl (C=O) groups is 1. The summed E-state index contributed by atoms with van der Waals surface area (Å²) in [6.07, 6.45) is 6.06. The molecule has 1 aliphatic heterocycles. The van der Waals surface area contributed by atoms with Crippen LogP contribution in [0.5, 0.6) is 0 Å². The van der Waals surface area contributed by atoms with E-state index in [-0.39, 0.29) is 11.7 Å². The first-order valence-corrected chi connectivity index (χ1v) is 7.28. The lowest BCUT2D eigenvalue weighted by Crippen LogP contribution is -2.35. The van der Waals surface area contributed by atoms with Gasteiger partial charge in [0.15, 0.2) is 0 Å². The Kier molecular flexibility index (Phi) is 4.27. The highest BCUT2D eigenvalue weighted by molar-refractivity contribution is 5.78. The van der Waals surface area contributed by atoms with Crippen LogP contribution in [0, 0.1) is 5.82 Å². The second-order valence-corrected chi connectivity index (χ2v) is 5.21. The van der Waals surface area contributed by atoms with Gasteiger partial charge in [0.2, 0.25) is 5.91 Å². The fourth-order valence-electron chi connectivity index (χ4n) is 2.58. The molecule has 2 aromatic rings. The smallest absolute Gasteiger partial charge is 0.224 e. The van der Waals surface area contributed by atoms with Crippen molar-refractivity contribution in [1.82, 2.24) is 19.7 Å². The van der Waals surface area contributed by atoms with E-state index >= 15 is 0 Å². The zero-order valence-corrected chi connectivity index (χ0v) is 12.2. The summed E-state index contributed by atoms with van der Waals surface area (Å²) in [5.41, 5.74) is 1.61. The van der Waals surface area contributed by atoms with Crippen LogP contribution in [0.4, 0.5) is 4.39 Å². The van der Waals surface area contributed by atoms with Crippen LogP contribution in [-0.4, -0.2) is 38.7 Å². The van der Waals surface area contributed by atoms with E-state index in [1.54, 1.807) is 28.0 Å². The quantitative estimate of drug-likeness (QED) is 0.869. The first-order chi connectivity index (χ1) is 10.7. The van der Waals surface area contributed by atoms with Crippen LogP contribution < -0.4 is 0 Å². The second kappa shape index (κ2) is 6.51. The second-order valence-electron chi connectivity index (χ2n) is 5.21. The van der Waals surface area contributed by atoms with Gasteiger partial charge < -0.3 is 4.90 Å². The van der Waals surface area contributed by atoms with Gasteiger partial charge in [-0.05, 0) is 18.1 Å². The van der Waals surface area contributed by atoms with Crippen LogP contribution in [0.15, 0.2) is 43.0 Å². The number of halogens is 1. The van der Waals surface area contributed by atoms with Crippen LogP contribution >= 0.6 is 0 Å². The van der Waals surface area contributed by atoms with Crippen molar-refractivity contribution in [3.8, 4) is 0 Å². The van der Waals surface area contributed by atoms with E-state index in [2.05, 4.69) is 10.1 Å². The van der Waals surface area contributed by atoms with Crippen LogP contribution in [0.2, 0.25) is 0 Å². The van der Waals surface area contributed by atoms with Crippen molar-refractivity contribution in [3.05, 3.63) is 54.4 Å². The van der Waals surface area contributed by atoms with E-state index < -0.39 is 0 Å². The summed E-state index contributed by atoms with van der Waals surface area (Å²) in [5, 5.41) is 3.98. The molecule has 0 spiro atoms. The van der Waals surface area contributed by atoms with Gasteiger partial charge in [0, 0.05) is 25.1 Å². The molecule has 1 aromatic carbocycles. The van der Waals surface area contributed by atoms with Crippen LogP contribution in [-0.2, 0) is 11.3 Å². The number of nitrogens with zero attached hydrogens (tertiary/aromatic N) is 4. The number of hydrogen-bond donors (Lipinski definition) is 0. The normalized spacial score (nSPS) is 14.8. The largest absolute Gasteiger partial charge is 0.339 e. The Hall–Kier alpha value is -2.50. The van der Waals surface area contributed by atoms with Gasteiger partial charge in [-0.3, -0.25) is 9.48 Å². The maximum Gasteiger partial charge on any atom is 0.224 e. The minimum absolute atomic E-state index is 0.0827. The molecule has 1 aromatic heterocycles. The molecule has 0 radical (unpaired) electrons. The third-order valence-corrected chi connectivity index (χ3v) is 3.80. The molecular formula is C16H17FN4O. The van der Waals surface area contributed by atoms with Gasteiger partial charge in [0.1, 0.15) is 18.5 Å². The zero-order chi connectivity index (χ0) is 15.4. The molecule has 1 amide bonds. The first-order valence-electron chi connectivity index (χ1n) is 7.28. The monoisotopic (exact) mass is 300 g/mol. The molecule has 0 saturated carbocycles. The molecule has 6 heteroatoms. The van der Waals surface area contributed by atoms with E-state index in [1.807, 2.05) is 12.1 Å². The maximum absolute atomic E-state index is 13.8. The minimum Gasteiger partial charge on any atom is -0.339 e. The summed E-state index contributed by atoms with van der Waals surface area (Å²) >= 11 is 0. The fourth-order valence-corrected chi connectivity index (χ4v) is 2.58. The molecule has 0 N–H and O–H groups in total. The Labute approximate surface area is 128 Å². The lowest BCUT2D eigenvalue weighted by Gasteiger charge is -2.27. The number of rotatable bonds is 4. The van der Waals surface area contributed by atoms with Gasteiger partial charge in [0.25, 0.3) is 0 Å². The third kappa shape index (κ3) is 3.21. The molecule has 0 saturated heterocycles. The zero-order valence-electron chi connectivity index (χ0n) is 12.2. The average Bonchev–Trinajstić information content (AvgIpc) is 3.07. The molecule has 2 heterocycles. The van der Waals surface area contributed by atoms with Crippen molar-refractivity contribution >= 4 is 11.5 Å². The molecule has 22 heavy (non-hydrogen) atoms. The van der Waals surface area contributed by atoms with Gasteiger partial charge >= 0.3 is 0 Å². The Morgan fingerprint density at radius 2 is 2.18 bits per heavy atom. The molecule has 5 nitrogen and oxygen atoms in total. The van der Waals surface area contributed by atoms with Crippen LogP contribution in [0.25, 0.3) is 5.57 Å².